The summed E-state index contributed by atoms with van der Waals surface area (Å²) in [6.07, 6.45) is 0. The first-order valence-electron chi connectivity index (χ1n) is 12.8. The summed E-state index contributed by atoms with van der Waals surface area (Å²) in [6, 6.07) is 12.3. The van der Waals surface area contributed by atoms with E-state index in [9.17, 15) is 75.7 Å². The Morgan fingerprint density at radius 1 is 0.408 bits per heavy atom. The van der Waals surface area contributed by atoms with E-state index in [1.165, 1.54) is 54.6 Å². The standard InChI is InChI=1S/3C10H7NO5.Al/c3*12-5-3-1-2-4-6(5)8(13)9(14)7(11-4)10(15)16;/h3*1-3,12,14H,(H,11,13)(H,15,16);/q;;;+3/p-3. The van der Waals surface area contributed by atoms with E-state index in [2.05, 4.69) is 15.0 Å². The fourth-order valence-corrected chi connectivity index (χ4v) is 4.23. The van der Waals surface area contributed by atoms with Crippen molar-refractivity contribution in [3.63, 3.8) is 0 Å². The van der Waals surface area contributed by atoms with Gasteiger partial charge in [0.15, 0.2) is 34.5 Å². The van der Waals surface area contributed by atoms with Gasteiger partial charge >= 0.3 is 17.4 Å². The van der Waals surface area contributed by atoms with Crippen LogP contribution in [0.15, 0.2) is 54.6 Å². The minimum absolute atomic E-state index is 0. The molecule has 0 unspecified atom stereocenters. The number of nitrogens with zero attached hydrogens (tertiary/aromatic N) is 3. The number of carboxylic acids is 3. The molecule has 18 nitrogen and oxygen atoms in total. The van der Waals surface area contributed by atoms with Crippen molar-refractivity contribution in [2.75, 3.05) is 0 Å². The zero-order chi connectivity index (χ0) is 35.6. The van der Waals surface area contributed by atoms with Crippen molar-refractivity contribution in [3.8, 4) is 51.7 Å². The SMILES string of the molecule is O=C([O-])c1nc2cccc(O)c2c(O)c1O.O=C([O-])c1nc2cccc(O)c2c(O)c1O.O=C([O-])c1nc2cccc(O)c2c(O)c1O.[Al+3]. The van der Waals surface area contributed by atoms with Gasteiger partial charge < -0.3 is 75.7 Å². The average Bonchev–Trinajstić information content (AvgIpc) is 3.02. The molecule has 19 heteroatoms. The third-order valence-corrected chi connectivity index (χ3v) is 6.39. The summed E-state index contributed by atoms with van der Waals surface area (Å²) in [6.45, 7) is 0. The molecule has 246 valence electrons. The molecule has 0 radical (unpaired) electrons. The maximum atomic E-state index is 10.6. The molecule has 0 atom stereocenters. The van der Waals surface area contributed by atoms with Crippen LogP contribution in [0.2, 0.25) is 0 Å². The number of carboxylic acid groups (broad SMARTS) is 3. The number of hydrogen-bond acceptors (Lipinski definition) is 18. The van der Waals surface area contributed by atoms with Gasteiger partial charge in [0.1, 0.15) is 34.3 Å². The molecule has 3 aromatic carbocycles. The second-order valence-electron chi connectivity index (χ2n) is 9.35. The molecule has 6 aromatic rings. The zero-order valence-corrected chi connectivity index (χ0v) is 25.2. The second-order valence-corrected chi connectivity index (χ2v) is 9.35. The summed E-state index contributed by atoms with van der Waals surface area (Å²) in [4.78, 5) is 42.5. The summed E-state index contributed by atoms with van der Waals surface area (Å²) in [5.41, 5.74) is -2.15. The number of rotatable bonds is 3. The van der Waals surface area contributed by atoms with Crippen molar-refractivity contribution in [2.24, 2.45) is 0 Å². The van der Waals surface area contributed by atoms with Crippen LogP contribution in [0.4, 0.5) is 0 Å². The molecule has 0 aliphatic heterocycles. The number of carbonyl (C=O) groups is 3. The molecule has 6 rings (SSSR count). The number of phenolic OH excluding ortho intramolecular Hbond substituents is 3. The van der Waals surface area contributed by atoms with Crippen LogP contribution in [0.25, 0.3) is 32.7 Å². The van der Waals surface area contributed by atoms with E-state index in [-0.39, 0.29) is 67.3 Å². The molecule has 0 aliphatic carbocycles. The third-order valence-electron chi connectivity index (χ3n) is 6.39. The van der Waals surface area contributed by atoms with E-state index in [4.69, 9.17) is 0 Å². The molecule has 3 heterocycles. The quantitative estimate of drug-likeness (QED) is 0.0982. The minimum Gasteiger partial charge on any atom is -0.543 e. The number of aromatic hydroxyl groups is 9. The maximum Gasteiger partial charge on any atom is 3.00 e. The zero-order valence-electron chi connectivity index (χ0n) is 24.1. The summed E-state index contributed by atoms with van der Waals surface area (Å²) in [5.74, 6) is -11.0. The molecule has 0 bridgehead atoms. The Bertz CT molecular complexity index is 2040. The topological polar surface area (TPSA) is 341 Å². The number of hydrogen-bond donors (Lipinski definition) is 9. The Hall–Kier alpha value is -6.97. The van der Waals surface area contributed by atoms with Crippen molar-refractivity contribution in [2.45, 2.75) is 0 Å². The van der Waals surface area contributed by atoms with Crippen molar-refractivity contribution < 1.29 is 75.7 Å². The van der Waals surface area contributed by atoms with E-state index < -0.39 is 69.5 Å². The largest absolute Gasteiger partial charge is 3.00 e. The summed E-state index contributed by atoms with van der Waals surface area (Å²) >= 11 is 0. The molecule has 0 amide bonds. The van der Waals surface area contributed by atoms with E-state index in [0.717, 1.165) is 0 Å². The van der Waals surface area contributed by atoms with Gasteiger partial charge in [-0.2, -0.15) is 0 Å². The van der Waals surface area contributed by atoms with Gasteiger partial charge in [0, 0.05) is 0 Å². The van der Waals surface area contributed by atoms with Crippen LogP contribution in [-0.2, 0) is 0 Å². The summed E-state index contributed by atoms with van der Waals surface area (Å²) in [5, 5.41) is 116. The van der Waals surface area contributed by atoms with Gasteiger partial charge in [0.2, 0.25) is 0 Å². The number of aromatic nitrogens is 3. The van der Waals surface area contributed by atoms with Gasteiger partial charge in [-0.05, 0) is 36.4 Å². The third kappa shape index (κ3) is 6.92. The Labute approximate surface area is 281 Å². The molecule has 0 fully saturated rings. The van der Waals surface area contributed by atoms with E-state index in [1.807, 2.05) is 0 Å². The molecule has 0 aliphatic rings. The monoisotopic (exact) mass is 687 g/mol. The van der Waals surface area contributed by atoms with Crippen LogP contribution < -0.4 is 15.3 Å². The van der Waals surface area contributed by atoms with Gasteiger partial charge in [-0.25, -0.2) is 15.0 Å². The molecule has 0 saturated carbocycles. The van der Waals surface area contributed by atoms with E-state index in [1.54, 1.807) is 0 Å². The van der Waals surface area contributed by atoms with Crippen molar-refractivity contribution in [1.82, 2.24) is 15.0 Å². The van der Waals surface area contributed by atoms with Gasteiger partial charge in [0.25, 0.3) is 0 Å². The number of fused-ring (bicyclic) bond motifs is 3. The van der Waals surface area contributed by atoms with Crippen LogP contribution >= 0.6 is 0 Å². The number of phenols is 3. The molecule has 0 saturated heterocycles. The molecule has 0 spiro atoms. The Morgan fingerprint density at radius 2 is 0.633 bits per heavy atom. The first-order chi connectivity index (χ1) is 22.6. The normalized spacial score (nSPS) is 10.3. The van der Waals surface area contributed by atoms with E-state index in [0.29, 0.717) is 0 Å². The fourth-order valence-electron chi connectivity index (χ4n) is 4.23. The van der Waals surface area contributed by atoms with Crippen LogP contribution in [-0.4, -0.2) is 96.2 Å². The van der Waals surface area contributed by atoms with Crippen LogP contribution in [0, 0.1) is 0 Å². The predicted molar refractivity (Wildman–Crippen MR) is 159 cm³/mol. The predicted octanol–water partition coefficient (Wildman–Crippen LogP) is -1.24. The van der Waals surface area contributed by atoms with Gasteiger partial charge in [0.05, 0.1) is 50.6 Å². The van der Waals surface area contributed by atoms with Crippen LogP contribution in [0.3, 0.4) is 0 Å². The number of pyridine rings is 3. The molecular formula is C30H18AlN3O15. The summed E-state index contributed by atoms with van der Waals surface area (Å²) < 4.78 is 0. The Morgan fingerprint density at radius 3 is 0.837 bits per heavy atom. The molecule has 9 N–H and O–H groups in total. The molecule has 49 heavy (non-hydrogen) atoms. The second kappa shape index (κ2) is 14.2. The van der Waals surface area contributed by atoms with E-state index >= 15 is 0 Å². The van der Waals surface area contributed by atoms with Crippen molar-refractivity contribution in [3.05, 3.63) is 71.7 Å². The minimum atomic E-state index is -1.71. The van der Waals surface area contributed by atoms with Crippen LogP contribution in [0.1, 0.15) is 31.5 Å². The number of benzene rings is 3. The maximum absolute atomic E-state index is 10.6. The first kappa shape index (κ1) is 36.5. The van der Waals surface area contributed by atoms with Gasteiger partial charge in [-0.15, -0.1) is 0 Å². The Kier molecular flexibility index (Phi) is 10.6. The fraction of sp³-hybridized carbons (Fsp3) is 0. The number of aromatic carboxylic acids is 3. The molecule has 3 aromatic heterocycles. The smallest absolute Gasteiger partial charge is 0.543 e. The summed E-state index contributed by atoms with van der Waals surface area (Å²) in [7, 11) is 0. The Balaban J connectivity index is 0.000000197. The van der Waals surface area contributed by atoms with Crippen molar-refractivity contribution >= 4 is 68.0 Å². The van der Waals surface area contributed by atoms with Gasteiger partial charge in [-0.1, -0.05) is 18.2 Å². The average molecular weight is 687 g/mol. The number of carbonyl (C=O) groups excluding carboxylic acids is 3. The first-order valence-corrected chi connectivity index (χ1v) is 12.8. The van der Waals surface area contributed by atoms with Crippen molar-refractivity contribution in [1.29, 1.82) is 0 Å². The molecular weight excluding hydrogens is 669 g/mol. The van der Waals surface area contributed by atoms with Gasteiger partial charge in [-0.3, -0.25) is 0 Å². The van der Waals surface area contributed by atoms with Crippen LogP contribution in [0.5, 0.6) is 51.7 Å².